The first kappa shape index (κ1) is 7.94. The van der Waals surface area contributed by atoms with Crippen molar-refractivity contribution in [3.63, 3.8) is 0 Å². The summed E-state index contributed by atoms with van der Waals surface area (Å²) >= 11 is 0. The molecule has 0 spiro atoms. The number of nitrogens with two attached hydrogens (primary N) is 1. The van der Waals surface area contributed by atoms with E-state index in [1.54, 1.807) is 0 Å². The summed E-state index contributed by atoms with van der Waals surface area (Å²) in [4.78, 5) is 0. The number of nitrogens with one attached hydrogen (secondary N) is 1. The molecule has 0 aromatic heterocycles. The summed E-state index contributed by atoms with van der Waals surface area (Å²) in [6.45, 7) is 1.02. The highest BCUT2D eigenvalue weighted by atomic mass is 16.3. The van der Waals surface area contributed by atoms with Crippen LogP contribution in [-0.2, 0) is 0 Å². The Morgan fingerprint density at radius 1 is 1.50 bits per heavy atom. The molecule has 0 bridgehead atoms. The van der Waals surface area contributed by atoms with Gasteiger partial charge in [0.2, 0.25) is 0 Å². The second kappa shape index (κ2) is 3.30. The smallest absolute Gasteiger partial charge is 0.0964 e. The summed E-state index contributed by atoms with van der Waals surface area (Å²) in [7, 11) is 0. The van der Waals surface area contributed by atoms with E-state index in [1.807, 2.05) is 0 Å². The molecule has 1 rings (SSSR count). The van der Waals surface area contributed by atoms with Gasteiger partial charge in [0.05, 0.1) is 12.2 Å². The van der Waals surface area contributed by atoms with E-state index in [1.165, 1.54) is 0 Å². The average molecular weight is 146 g/mol. The minimum Gasteiger partial charge on any atom is -0.389 e. The van der Waals surface area contributed by atoms with Crippen molar-refractivity contribution in [2.75, 3.05) is 13.1 Å². The molecule has 3 atom stereocenters. The summed E-state index contributed by atoms with van der Waals surface area (Å²) in [5, 5.41) is 21.2. The summed E-state index contributed by atoms with van der Waals surface area (Å²) in [6.07, 6.45) is -0.529. The summed E-state index contributed by atoms with van der Waals surface area (Å²) in [5.74, 6) is 0. The molecule has 0 saturated carbocycles. The molecule has 0 radical (unpaired) electrons. The molecule has 0 aromatic rings. The van der Waals surface area contributed by atoms with Crippen LogP contribution >= 0.6 is 0 Å². The molecule has 0 unspecified atom stereocenters. The van der Waals surface area contributed by atoms with Crippen LogP contribution in [0.25, 0.3) is 0 Å². The Labute approximate surface area is 60.0 Å². The lowest BCUT2D eigenvalue weighted by Gasteiger charge is -2.13. The van der Waals surface area contributed by atoms with Gasteiger partial charge in [-0.2, -0.15) is 0 Å². The number of β-amino-alcohol motifs (C(OH)–C–C–N with tert-alkyl or cyclic N) is 1. The highest BCUT2D eigenvalue weighted by Crippen LogP contribution is 2.09. The first-order chi connectivity index (χ1) is 4.75. The molecule has 1 saturated heterocycles. The molecule has 5 N–H and O–H groups in total. The van der Waals surface area contributed by atoms with E-state index < -0.39 is 12.2 Å². The highest BCUT2D eigenvalue weighted by Gasteiger charge is 2.31. The van der Waals surface area contributed by atoms with Gasteiger partial charge >= 0.3 is 0 Å². The molecule has 0 aromatic carbocycles. The fourth-order valence-electron chi connectivity index (χ4n) is 1.23. The zero-order valence-electron chi connectivity index (χ0n) is 5.83. The highest BCUT2D eigenvalue weighted by molar-refractivity contribution is 4.90. The number of rotatable bonds is 2. The first-order valence-corrected chi connectivity index (χ1v) is 3.55. The Balaban J connectivity index is 2.33. The SMILES string of the molecule is NCC[C@H]1NC[C@@H](O)[C@H]1O. The monoisotopic (exact) mass is 146 g/mol. The van der Waals surface area contributed by atoms with Crippen molar-refractivity contribution in [3.8, 4) is 0 Å². The van der Waals surface area contributed by atoms with Gasteiger partial charge in [0.25, 0.3) is 0 Å². The van der Waals surface area contributed by atoms with Crippen LogP contribution < -0.4 is 11.1 Å². The lowest BCUT2D eigenvalue weighted by atomic mass is 10.1. The number of hydrogen-bond donors (Lipinski definition) is 4. The maximum atomic E-state index is 9.22. The van der Waals surface area contributed by atoms with E-state index in [4.69, 9.17) is 10.8 Å². The van der Waals surface area contributed by atoms with Crippen LogP contribution in [0.4, 0.5) is 0 Å². The van der Waals surface area contributed by atoms with Gasteiger partial charge in [-0.3, -0.25) is 0 Å². The maximum Gasteiger partial charge on any atom is 0.0964 e. The molecule has 1 heterocycles. The minimum atomic E-state index is -0.636. The zero-order chi connectivity index (χ0) is 7.56. The maximum absolute atomic E-state index is 9.22. The average Bonchev–Trinajstić information content (AvgIpc) is 2.20. The van der Waals surface area contributed by atoms with Crippen LogP contribution in [0.2, 0.25) is 0 Å². The van der Waals surface area contributed by atoms with E-state index in [2.05, 4.69) is 5.32 Å². The topological polar surface area (TPSA) is 78.5 Å². The quantitative estimate of drug-likeness (QED) is 0.364. The van der Waals surface area contributed by atoms with E-state index in [0.29, 0.717) is 13.1 Å². The van der Waals surface area contributed by atoms with Gasteiger partial charge in [-0.25, -0.2) is 0 Å². The van der Waals surface area contributed by atoms with Crippen molar-refractivity contribution in [1.29, 1.82) is 0 Å². The van der Waals surface area contributed by atoms with Crippen molar-refractivity contribution in [2.45, 2.75) is 24.7 Å². The molecule has 0 amide bonds. The van der Waals surface area contributed by atoms with Crippen LogP contribution in [0.5, 0.6) is 0 Å². The van der Waals surface area contributed by atoms with Gasteiger partial charge in [0.1, 0.15) is 0 Å². The lowest BCUT2D eigenvalue weighted by Crippen LogP contribution is -2.34. The molecule has 10 heavy (non-hydrogen) atoms. The third-order valence-electron chi connectivity index (χ3n) is 1.87. The Morgan fingerprint density at radius 2 is 2.20 bits per heavy atom. The van der Waals surface area contributed by atoms with Crippen molar-refractivity contribution in [3.05, 3.63) is 0 Å². The van der Waals surface area contributed by atoms with Crippen molar-refractivity contribution in [2.24, 2.45) is 5.73 Å². The predicted octanol–water partition coefficient (Wildman–Crippen LogP) is -1.97. The van der Waals surface area contributed by atoms with E-state index in [-0.39, 0.29) is 6.04 Å². The number of hydrogen-bond acceptors (Lipinski definition) is 4. The molecule has 0 aliphatic carbocycles. The molecule has 1 fully saturated rings. The lowest BCUT2D eigenvalue weighted by molar-refractivity contribution is 0.0397. The molecule has 1 aliphatic rings. The molecule has 4 nitrogen and oxygen atoms in total. The van der Waals surface area contributed by atoms with Crippen LogP contribution in [0.3, 0.4) is 0 Å². The summed E-state index contributed by atoms with van der Waals surface area (Å²) in [6, 6.07) is -0.0139. The molecule has 60 valence electrons. The van der Waals surface area contributed by atoms with Crippen molar-refractivity contribution >= 4 is 0 Å². The van der Waals surface area contributed by atoms with E-state index >= 15 is 0 Å². The second-order valence-corrected chi connectivity index (χ2v) is 2.65. The van der Waals surface area contributed by atoms with Crippen LogP contribution in [-0.4, -0.2) is 41.6 Å². The molecular formula is C6H14N2O2. The van der Waals surface area contributed by atoms with Crippen molar-refractivity contribution < 1.29 is 10.2 Å². The van der Waals surface area contributed by atoms with Gasteiger partial charge in [-0.1, -0.05) is 0 Å². The van der Waals surface area contributed by atoms with Gasteiger partial charge in [-0.05, 0) is 13.0 Å². The number of aliphatic hydroxyl groups excluding tert-OH is 2. The largest absolute Gasteiger partial charge is 0.389 e. The van der Waals surface area contributed by atoms with Crippen LogP contribution in [0, 0.1) is 0 Å². The minimum absolute atomic E-state index is 0.0139. The third kappa shape index (κ3) is 1.46. The third-order valence-corrected chi connectivity index (χ3v) is 1.87. The van der Waals surface area contributed by atoms with Gasteiger partial charge < -0.3 is 21.3 Å². The molecule has 4 heteroatoms. The number of aliphatic hydroxyl groups is 2. The fraction of sp³-hybridized carbons (Fsp3) is 1.00. The fourth-order valence-corrected chi connectivity index (χ4v) is 1.23. The predicted molar refractivity (Wildman–Crippen MR) is 37.5 cm³/mol. The Hall–Kier alpha value is -0.160. The zero-order valence-corrected chi connectivity index (χ0v) is 5.83. The van der Waals surface area contributed by atoms with Gasteiger partial charge in [0, 0.05) is 12.6 Å². The second-order valence-electron chi connectivity index (χ2n) is 2.65. The Kier molecular flexibility index (Phi) is 2.62. The standard InChI is InChI=1S/C6H14N2O2/c7-2-1-4-6(10)5(9)3-8-4/h4-6,8-10H,1-3,7H2/t4-,5-,6+/m1/s1. The summed E-state index contributed by atoms with van der Waals surface area (Å²) < 4.78 is 0. The Bertz CT molecular complexity index is 108. The molecule has 1 aliphatic heterocycles. The van der Waals surface area contributed by atoms with Crippen LogP contribution in [0.1, 0.15) is 6.42 Å². The van der Waals surface area contributed by atoms with E-state index in [0.717, 1.165) is 6.42 Å². The Morgan fingerprint density at radius 3 is 2.60 bits per heavy atom. The van der Waals surface area contributed by atoms with Gasteiger partial charge in [0.15, 0.2) is 0 Å². The first-order valence-electron chi connectivity index (χ1n) is 3.55. The van der Waals surface area contributed by atoms with Crippen LogP contribution in [0.15, 0.2) is 0 Å². The summed E-state index contributed by atoms with van der Waals surface area (Å²) in [5.41, 5.74) is 5.28. The van der Waals surface area contributed by atoms with Gasteiger partial charge in [-0.15, -0.1) is 0 Å². The van der Waals surface area contributed by atoms with E-state index in [9.17, 15) is 5.11 Å². The normalized spacial score (nSPS) is 40.5. The molecular weight excluding hydrogens is 132 g/mol. The van der Waals surface area contributed by atoms with Crippen molar-refractivity contribution in [1.82, 2.24) is 5.32 Å².